The molecule has 0 spiro atoms. The number of hydrogen-bond acceptors (Lipinski definition) is 3. The van der Waals surface area contributed by atoms with Gasteiger partial charge >= 0.3 is 0 Å². The number of carbonyl (C=O) groups is 1. The van der Waals surface area contributed by atoms with Crippen LogP contribution in [0.25, 0.3) is 0 Å². The molecule has 1 rings (SSSR count). The number of rotatable bonds is 5. The molecule has 0 bridgehead atoms. The summed E-state index contributed by atoms with van der Waals surface area (Å²) in [7, 11) is 2.09. The predicted octanol–water partition coefficient (Wildman–Crippen LogP) is 0.969. The van der Waals surface area contributed by atoms with Gasteiger partial charge in [-0.15, -0.1) is 0 Å². The summed E-state index contributed by atoms with van der Waals surface area (Å²) in [5.41, 5.74) is 1.30. The van der Waals surface area contributed by atoms with Gasteiger partial charge in [0.1, 0.15) is 0 Å². The summed E-state index contributed by atoms with van der Waals surface area (Å²) in [4.78, 5) is 15.3. The van der Waals surface area contributed by atoms with Crippen LogP contribution in [0.3, 0.4) is 0 Å². The van der Waals surface area contributed by atoms with Crippen molar-refractivity contribution in [2.75, 3.05) is 26.8 Å². The van der Waals surface area contributed by atoms with Crippen molar-refractivity contribution >= 4 is 5.91 Å². The summed E-state index contributed by atoms with van der Waals surface area (Å²) < 4.78 is 0. The Balaban J connectivity index is 2.33. The molecule has 1 aliphatic rings. The molecule has 0 atom stereocenters. The zero-order valence-corrected chi connectivity index (χ0v) is 9.92. The molecule has 4 heteroatoms. The third kappa shape index (κ3) is 3.81. The van der Waals surface area contributed by atoms with E-state index in [2.05, 4.69) is 35.3 Å². The third-order valence-corrected chi connectivity index (χ3v) is 2.48. The van der Waals surface area contributed by atoms with Crippen LogP contribution in [0.4, 0.5) is 0 Å². The monoisotopic (exact) mass is 211 g/mol. The fourth-order valence-corrected chi connectivity index (χ4v) is 1.76. The highest BCUT2D eigenvalue weighted by molar-refractivity contribution is 5.72. The smallest absolute Gasteiger partial charge is 0.216 e. The van der Waals surface area contributed by atoms with E-state index in [1.54, 1.807) is 6.92 Å². The second-order valence-electron chi connectivity index (χ2n) is 4.01. The molecule has 1 amide bonds. The fraction of sp³-hybridized carbons (Fsp3) is 0.727. The minimum atomic E-state index is 0.0432. The molecule has 86 valence electrons. The zero-order chi connectivity index (χ0) is 11.3. The van der Waals surface area contributed by atoms with Crippen molar-refractivity contribution in [2.24, 2.45) is 0 Å². The van der Waals surface area contributed by atoms with E-state index < -0.39 is 0 Å². The van der Waals surface area contributed by atoms with Crippen molar-refractivity contribution in [3.8, 4) is 0 Å². The largest absolute Gasteiger partial charge is 0.359 e. The maximum atomic E-state index is 10.7. The third-order valence-electron chi connectivity index (χ3n) is 2.48. The van der Waals surface area contributed by atoms with Crippen LogP contribution in [-0.2, 0) is 4.79 Å². The van der Waals surface area contributed by atoms with Gasteiger partial charge in [0, 0.05) is 45.4 Å². The summed E-state index contributed by atoms with van der Waals surface area (Å²) in [5, 5.41) is 2.81. The van der Waals surface area contributed by atoms with Crippen molar-refractivity contribution in [1.82, 2.24) is 15.1 Å². The molecule has 0 fully saturated rings. The quantitative estimate of drug-likeness (QED) is 0.736. The molecule has 0 aliphatic carbocycles. The van der Waals surface area contributed by atoms with Gasteiger partial charge < -0.3 is 15.1 Å². The minimum absolute atomic E-state index is 0.0432. The Morgan fingerprint density at radius 3 is 2.93 bits per heavy atom. The zero-order valence-electron chi connectivity index (χ0n) is 9.92. The molecule has 0 saturated carbocycles. The molecule has 1 N–H and O–H groups in total. The molecule has 15 heavy (non-hydrogen) atoms. The van der Waals surface area contributed by atoms with Gasteiger partial charge in [0.15, 0.2) is 0 Å². The number of nitrogens with one attached hydrogen (secondary N) is 1. The topological polar surface area (TPSA) is 35.6 Å². The first-order chi connectivity index (χ1) is 7.13. The van der Waals surface area contributed by atoms with E-state index in [1.807, 2.05) is 0 Å². The Morgan fingerprint density at radius 1 is 1.60 bits per heavy atom. The summed E-state index contributed by atoms with van der Waals surface area (Å²) in [6, 6.07) is 0. The predicted molar refractivity (Wildman–Crippen MR) is 61.0 cm³/mol. The standard InChI is InChI=1S/C11H21N3O/c1-4-7-14-8-11(13(3)9-14)5-6-12-10(2)15/h8H,4-7,9H2,1-3H3,(H,12,15). The highest BCUT2D eigenvalue weighted by atomic mass is 16.1. The first kappa shape index (κ1) is 11.9. The van der Waals surface area contributed by atoms with Crippen LogP contribution in [0, 0.1) is 0 Å². The van der Waals surface area contributed by atoms with Crippen LogP contribution in [-0.4, -0.2) is 42.5 Å². The van der Waals surface area contributed by atoms with Crippen molar-refractivity contribution in [3.63, 3.8) is 0 Å². The first-order valence-corrected chi connectivity index (χ1v) is 5.53. The number of hydrogen-bond donors (Lipinski definition) is 1. The van der Waals surface area contributed by atoms with Gasteiger partial charge in [-0.1, -0.05) is 6.92 Å². The van der Waals surface area contributed by atoms with E-state index in [9.17, 15) is 4.79 Å². The lowest BCUT2D eigenvalue weighted by Gasteiger charge is -2.18. The fourth-order valence-electron chi connectivity index (χ4n) is 1.76. The summed E-state index contributed by atoms with van der Waals surface area (Å²) >= 11 is 0. The molecule has 0 aromatic carbocycles. The van der Waals surface area contributed by atoms with Gasteiger partial charge in [-0.3, -0.25) is 4.79 Å². The Hall–Kier alpha value is -1.19. The summed E-state index contributed by atoms with van der Waals surface area (Å²) in [6.07, 6.45) is 4.28. The molecule has 1 aliphatic heterocycles. The first-order valence-electron chi connectivity index (χ1n) is 5.53. The lowest BCUT2D eigenvalue weighted by atomic mass is 10.3. The molecule has 0 radical (unpaired) electrons. The lowest BCUT2D eigenvalue weighted by Crippen LogP contribution is -2.26. The van der Waals surface area contributed by atoms with E-state index in [-0.39, 0.29) is 5.91 Å². The second-order valence-corrected chi connectivity index (χ2v) is 4.01. The van der Waals surface area contributed by atoms with Gasteiger partial charge in [-0.05, 0) is 6.42 Å². The Bertz CT molecular complexity index is 250. The summed E-state index contributed by atoms with van der Waals surface area (Å²) in [6.45, 7) is 6.54. The molecular weight excluding hydrogens is 190 g/mol. The van der Waals surface area contributed by atoms with Crippen LogP contribution >= 0.6 is 0 Å². The van der Waals surface area contributed by atoms with Crippen molar-refractivity contribution in [3.05, 3.63) is 11.9 Å². The molecule has 0 saturated heterocycles. The van der Waals surface area contributed by atoms with Crippen molar-refractivity contribution in [1.29, 1.82) is 0 Å². The molecule has 0 aromatic rings. The van der Waals surface area contributed by atoms with E-state index in [0.29, 0.717) is 0 Å². The molecule has 4 nitrogen and oxygen atoms in total. The Kier molecular flexibility index (Phi) is 4.46. The van der Waals surface area contributed by atoms with Crippen molar-refractivity contribution in [2.45, 2.75) is 26.7 Å². The molecule has 0 aromatic heterocycles. The minimum Gasteiger partial charge on any atom is -0.359 e. The Labute approximate surface area is 91.9 Å². The maximum Gasteiger partial charge on any atom is 0.216 e. The van der Waals surface area contributed by atoms with Gasteiger partial charge in [0.2, 0.25) is 5.91 Å². The molecular formula is C11H21N3O. The molecule has 0 unspecified atom stereocenters. The van der Waals surface area contributed by atoms with Crippen molar-refractivity contribution < 1.29 is 4.79 Å². The highest BCUT2D eigenvalue weighted by Crippen LogP contribution is 2.16. The van der Waals surface area contributed by atoms with E-state index in [0.717, 1.165) is 26.2 Å². The maximum absolute atomic E-state index is 10.7. The summed E-state index contributed by atoms with van der Waals surface area (Å²) in [5.74, 6) is 0.0432. The van der Waals surface area contributed by atoms with Gasteiger partial charge in [0.25, 0.3) is 0 Å². The van der Waals surface area contributed by atoms with Gasteiger partial charge in [-0.2, -0.15) is 0 Å². The van der Waals surface area contributed by atoms with Crippen LogP contribution in [0.2, 0.25) is 0 Å². The number of carbonyl (C=O) groups excluding carboxylic acids is 1. The Morgan fingerprint density at radius 2 is 2.33 bits per heavy atom. The number of nitrogens with zero attached hydrogens (tertiary/aromatic N) is 2. The van der Waals surface area contributed by atoms with Crippen LogP contribution < -0.4 is 5.32 Å². The molecule has 1 heterocycles. The van der Waals surface area contributed by atoms with E-state index >= 15 is 0 Å². The van der Waals surface area contributed by atoms with Gasteiger partial charge in [0.05, 0.1) is 6.67 Å². The SMILES string of the molecule is CCCN1C=C(CCNC(C)=O)N(C)C1. The number of amides is 1. The average Bonchev–Trinajstić information content (AvgIpc) is 2.47. The normalized spacial score (nSPS) is 15.5. The average molecular weight is 211 g/mol. The second kappa shape index (κ2) is 5.63. The lowest BCUT2D eigenvalue weighted by molar-refractivity contribution is -0.118. The van der Waals surface area contributed by atoms with Crippen LogP contribution in [0.15, 0.2) is 11.9 Å². The van der Waals surface area contributed by atoms with Crippen LogP contribution in [0.5, 0.6) is 0 Å². The van der Waals surface area contributed by atoms with E-state index in [4.69, 9.17) is 0 Å². The van der Waals surface area contributed by atoms with Gasteiger partial charge in [-0.25, -0.2) is 0 Å². The highest BCUT2D eigenvalue weighted by Gasteiger charge is 2.15. The van der Waals surface area contributed by atoms with E-state index in [1.165, 1.54) is 12.1 Å². The van der Waals surface area contributed by atoms with Crippen LogP contribution in [0.1, 0.15) is 26.7 Å².